The predicted molar refractivity (Wildman–Crippen MR) is 129 cm³/mol. The van der Waals surface area contributed by atoms with Crippen molar-refractivity contribution in [2.75, 3.05) is 11.5 Å². The Morgan fingerprint density at radius 3 is 2.38 bits per heavy atom. The van der Waals surface area contributed by atoms with Crippen LogP contribution >= 0.6 is 27.5 Å². The van der Waals surface area contributed by atoms with Crippen LogP contribution in [0.15, 0.2) is 77.3 Å². The van der Waals surface area contributed by atoms with E-state index in [1.54, 1.807) is 17.0 Å². The van der Waals surface area contributed by atoms with Crippen molar-refractivity contribution in [3.63, 3.8) is 0 Å². The van der Waals surface area contributed by atoms with Crippen molar-refractivity contribution in [3.05, 3.63) is 99.1 Å². The van der Waals surface area contributed by atoms with E-state index in [1.807, 2.05) is 67.6 Å². The van der Waals surface area contributed by atoms with Gasteiger partial charge in [0.25, 0.3) is 5.91 Å². The van der Waals surface area contributed by atoms with Gasteiger partial charge in [-0.25, -0.2) is 0 Å². The third-order valence-electron chi connectivity index (χ3n) is 5.50. The number of fused-ring (bicyclic) bond motifs is 1. The maximum Gasteiger partial charge on any atom is 0.277 e. The van der Waals surface area contributed by atoms with Crippen LogP contribution in [0.1, 0.15) is 34.6 Å². The van der Waals surface area contributed by atoms with Crippen molar-refractivity contribution in [2.24, 2.45) is 0 Å². The Morgan fingerprint density at radius 2 is 1.72 bits per heavy atom. The number of carbonyl (C=O) groups excluding carboxylic acids is 1. The molecule has 1 amide bonds. The third-order valence-corrected chi connectivity index (χ3v) is 6.28. The zero-order valence-corrected chi connectivity index (χ0v) is 19.5. The maximum atomic E-state index is 13.5. The van der Waals surface area contributed by atoms with Gasteiger partial charge in [-0.05, 0) is 61.0 Å². The quantitative estimate of drug-likeness (QED) is 0.329. The van der Waals surface area contributed by atoms with Crippen molar-refractivity contribution in [1.82, 2.24) is 10.2 Å². The highest BCUT2D eigenvalue weighted by atomic mass is 79.9. The molecule has 1 aromatic heterocycles. The molecule has 1 N–H and O–H groups in total. The fourth-order valence-electron chi connectivity index (χ4n) is 4.07. The predicted octanol–water partition coefficient (Wildman–Crippen LogP) is 6.64. The van der Waals surface area contributed by atoms with Crippen molar-refractivity contribution < 1.29 is 9.53 Å². The summed E-state index contributed by atoms with van der Waals surface area (Å²) in [5, 5.41) is 8.13. The van der Waals surface area contributed by atoms with Crippen LogP contribution in [0.3, 0.4) is 0 Å². The van der Waals surface area contributed by atoms with E-state index in [9.17, 15) is 4.79 Å². The first kappa shape index (κ1) is 20.8. The normalized spacial score (nSPS) is 15.2. The largest absolute Gasteiger partial charge is 0.494 e. The number of rotatable bonds is 5. The molecule has 0 radical (unpaired) electrons. The lowest BCUT2D eigenvalue weighted by atomic mass is 9.96. The van der Waals surface area contributed by atoms with Crippen molar-refractivity contribution in [3.8, 4) is 17.0 Å². The van der Waals surface area contributed by atoms with Gasteiger partial charge < -0.3 is 4.74 Å². The number of nitrogens with one attached hydrogen (secondary N) is 1. The number of aromatic nitrogens is 2. The Hall–Kier alpha value is -3.09. The lowest BCUT2D eigenvalue weighted by Crippen LogP contribution is -2.29. The minimum absolute atomic E-state index is 0.128. The van der Waals surface area contributed by atoms with E-state index in [0.29, 0.717) is 17.3 Å². The first-order valence-corrected chi connectivity index (χ1v) is 11.4. The second-order valence-electron chi connectivity index (χ2n) is 7.42. The molecule has 32 heavy (non-hydrogen) atoms. The van der Waals surface area contributed by atoms with Crippen molar-refractivity contribution in [2.45, 2.75) is 13.0 Å². The van der Waals surface area contributed by atoms with Crippen LogP contribution in [0, 0.1) is 0 Å². The van der Waals surface area contributed by atoms with Crippen molar-refractivity contribution >= 4 is 39.1 Å². The topological polar surface area (TPSA) is 58.2 Å². The number of benzene rings is 3. The van der Waals surface area contributed by atoms with Gasteiger partial charge in [0, 0.05) is 26.3 Å². The van der Waals surface area contributed by atoms with E-state index in [0.717, 1.165) is 38.3 Å². The van der Waals surface area contributed by atoms with Gasteiger partial charge >= 0.3 is 0 Å². The van der Waals surface area contributed by atoms with Gasteiger partial charge in [-0.3, -0.25) is 14.8 Å². The van der Waals surface area contributed by atoms with Gasteiger partial charge in [-0.2, -0.15) is 5.10 Å². The van der Waals surface area contributed by atoms with Gasteiger partial charge in [0.1, 0.15) is 11.4 Å². The highest BCUT2D eigenvalue weighted by Gasteiger charge is 2.43. The molecule has 1 aliphatic rings. The summed E-state index contributed by atoms with van der Waals surface area (Å²) in [4.78, 5) is 15.3. The monoisotopic (exact) mass is 507 g/mol. The van der Waals surface area contributed by atoms with E-state index in [1.165, 1.54) is 0 Å². The molecular weight excluding hydrogens is 490 g/mol. The first-order chi connectivity index (χ1) is 15.6. The van der Waals surface area contributed by atoms with E-state index < -0.39 is 0 Å². The summed E-state index contributed by atoms with van der Waals surface area (Å²) in [5.74, 6) is 0.663. The Kier molecular flexibility index (Phi) is 5.49. The molecule has 0 aliphatic carbocycles. The summed E-state index contributed by atoms with van der Waals surface area (Å²) < 4.78 is 6.59. The Bertz CT molecular complexity index is 1270. The smallest absolute Gasteiger partial charge is 0.277 e. The lowest BCUT2D eigenvalue weighted by Gasteiger charge is -2.26. The summed E-state index contributed by atoms with van der Waals surface area (Å²) in [6.45, 7) is 2.55. The second kappa shape index (κ2) is 8.45. The molecule has 0 spiro atoms. The fourth-order valence-corrected chi connectivity index (χ4v) is 4.46. The van der Waals surface area contributed by atoms with Gasteiger partial charge in [-0.1, -0.05) is 51.8 Å². The fraction of sp³-hybridized carbons (Fsp3) is 0.120. The van der Waals surface area contributed by atoms with Gasteiger partial charge in [0.2, 0.25) is 0 Å². The summed E-state index contributed by atoms with van der Waals surface area (Å²) in [5.41, 5.74) is 4.79. The van der Waals surface area contributed by atoms with Crippen molar-refractivity contribution in [1.29, 1.82) is 0 Å². The molecule has 0 bridgehead atoms. The minimum atomic E-state index is -0.341. The molecule has 3 aromatic carbocycles. The van der Waals surface area contributed by atoms with E-state index in [2.05, 4.69) is 26.1 Å². The molecule has 0 saturated heterocycles. The molecule has 0 unspecified atom stereocenters. The Balaban J connectivity index is 1.67. The molecule has 7 heteroatoms. The molecule has 1 aliphatic heterocycles. The standard InChI is InChI=1S/C25H19BrClN3O2/c1-2-32-20-13-5-16(6-14-20)24-21-22(15-3-7-17(26)8-4-15)28-29-23(21)25(31)30(24)19-11-9-18(27)10-12-19/h3-14,24H,2H2,1H3,(H,28,29)/t24-/m0/s1. The average molecular weight is 509 g/mol. The van der Waals surface area contributed by atoms with Gasteiger partial charge in [-0.15, -0.1) is 0 Å². The summed E-state index contributed by atoms with van der Waals surface area (Å²) in [7, 11) is 0. The number of hydrogen-bond acceptors (Lipinski definition) is 3. The van der Waals surface area contributed by atoms with E-state index >= 15 is 0 Å². The molecule has 5 nitrogen and oxygen atoms in total. The Labute approximate surface area is 199 Å². The number of H-pyrrole nitrogens is 1. The number of amides is 1. The van der Waals surface area contributed by atoms with Crippen LogP contribution in [0.5, 0.6) is 5.75 Å². The molecule has 0 saturated carbocycles. The zero-order chi connectivity index (χ0) is 22.2. The van der Waals surface area contributed by atoms with Crippen LogP contribution < -0.4 is 9.64 Å². The summed E-state index contributed by atoms with van der Waals surface area (Å²) in [6, 6.07) is 22.7. The number of anilines is 1. The molecule has 1 atom stereocenters. The SMILES string of the molecule is CCOc1ccc([C@H]2c3c(-c4ccc(Br)cc4)n[nH]c3C(=O)N2c2ccc(Cl)cc2)cc1. The third kappa shape index (κ3) is 3.59. The van der Waals surface area contributed by atoms with Gasteiger partial charge in [0.05, 0.1) is 18.3 Å². The minimum Gasteiger partial charge on any atom is -0.494 e. The first-order valence-electron chi connectivity index (χ1n) is 10.2. The number of ether oxygens (including phenoxy) is 1. The highest BCUT2D eigenvalue weighted by Crippen LogP contribution is 2.45. The zero-order valence-electron chi connectivity index (χ0n) is 17.2. The average Bonchev–Trinajstić information content (AvgIpc) is 3.35. The molecule has 2 heterocycles. The van der Waals surface area contributed by atoms with Crippen LogP contribution in [-0.4, -0.2) is 22.7 Å². The van der Waals surface area contributed by atoms with Gasteiger partial charge in [0.15, 0.2) is 0 Å². The Morgan fingerprint density at radius 1 is 1.03 bits per heavy atom. The number of nitrogens with zero attached hydrogens (tertiary/aromatic N) is 2. The number of aromatic amines is 1. The molecule has 0 fully saturated rings. The maximum absolute atomic E-state index is 13.5. The van der Waals surface area contributed by atoms with Crippen LogP contribution in [0.4, 0.5) is 5.69 Å². The number of halogens is 2. The molecule has 160 valence electrons. The van der Waals surface area contributed by atoms with Crippen LogP contribution in [0.25, 0.3) is 11.3 Å². The summed E-state index contributed by atoms with van der Waals surface area (Å²) >= 11 is 9.59. The molecule has 4 aromatic rings. The second-order valence-corrected chi connectivity index (χ2v) is 8.78. The molecular formula is C25H19BrClN3O2. The highest BCUT2D eigenvalue weighted by molar-refractivity contribution is 9.10. The van der Waals surface area contributed by atoms with E-state index in [4.69, 9.17) is 16.3 Å². The molecule has 5 rings (SSSR count). The van der Waals surface area contributed by atoms with Crippen LogP contribution in [0.2, 0.25) is 5.02 Å². The number of hydrogen-bond donors (Lipinski definition) is 1. The lowest BCUT2D eigenvalue weighted by molar-refractivity contribution is 0.0989. The number of carbonyl (C=O) groups is 1. The van der Waals surface area contributed by atoms with Crippen LogP contribution in [-0.2, 0) is 0 Å². The van der Waals surface area contributed by atoms with E-state index in [-0.39, 0.29) is 11.9 Å². The summed E-state index contributed by atoms with van der Waals surface area (Å²) in [6.07, 6.45) is 0.